The summed E-state index contributed by atoms with van der Waals surface area (Å²) in [6.07, 6.45) is 12.1. The SMILES string of the molecule is CC1=C2CCC3=C(C4C=Cc5c(-c6ccccc6)cccc54)C=CC(=C2C3c2ccccc2)[CH]1[Zr+2].[Cl-].[Cl-]. The summed E-state index contributed by atoms with van der Waals surface area (Å²) in [6.45, 7) is 2.38. The maximum Gasteiger partial charge on any atom is -1.00 e. The minimum absolute atomic E-state index is 0. The Balaban J connectivity index is 0.00000140. The Morgan fingerprint density at radius 3 is 2.19 bits per heavy atom. The smallest absolute Gasteiger partial charge is 1.00 e. The van der Waals surface area contributed by atoms with E-state index in [-0.39, 0.29) is 24.8 Å². The van der Waals surface area contributed by atoms with E-state index in [1.54, 1.807) is 52.6 Å². The van der Waals surface area contributed by atoms with Crippen LogP contribution in [0, 0.1) is 0 Å². The van der Waals surface area contributed by atoms with Crippen LogP contribution >= 0.6 is 0 Å². The number of halogens is 2. The van der Waals surface area contributed by atoms with E-state index in [1.165, 1.54) is 39.8 Å². The number of hydrogen-bond donors (Lipinski definition) is 0. The number of benzene rings is 3. The average Bonchev–Trinajstić information content (AvgIpc) is 3.41. The molecule has 1 fully saturated rings. The van der Waals surface area contributed by atoms with Gasteiger partial charge in [-0.25, -0.2) is 0 Å². The van der Waals surface area contributed by atoms with E-state index < -0.39 is 0 Å². The van der Waals surface area contributed by atoms with E-state index in [0.717, 1.165) is 6.42 Å². The minimum Gasteiger partial charge on any atom is -1.00 e. The van der Waals surface area contributed by atoms with Gasteiger partial charge in [-0.2, -0.15) is 0 Å². The molecule has 4 aliphatic carbocycles. The first-order valence-corrected chi connectivity index (χ1v) is 14.1. The molecular formula is C34H27Cl2Zr. The first kappa shape index (κ1) is 26.4. The molecule has 0 aromatic heterocycles. The Morgan fingerprint density at radius 1 is 0.730 bits per heavy atom. The van der Waals surface area contributed by atoms with E-state index in [9.17, 15) is 0 Å². The van der Waals surface area contributed by atoms with Gasteiger partial charge in [0.15, 0.2) is 0 Å². The Kier molecular flexibility index (Phi) is 7.52. The summed E-state index contributed by atoms with van der Waals surface area (Å²) in [5.74, 6) is 0.705. The van der Waals surface area contributed by atoms with Crippen molar-refractivity contribution in [3.8, 4) is 11.1 Å². The minimum atomic E-state index is 0. The van der Waals surface area contributed by atoms with Crippen molar-refractivity contribution in [3.05, 3.63) is 147 Å². The van der Waals surface area contributed by atoms with Gasteiger partial charge in [-0.1, -0.05) is 6.07 Å². The van der Waals surface area contributed by atoms with Gasteiger partial charge < -0.3 is 24.8 Å². The van der Waals surface area contributed by atoms with Gasteiger partial charge in [-0.05, 0) is 0 Å². The predicted molar refractivity (Wildman–Crippen MR) is 142 cm³/mol. The molecule has 0 heterocycles. The number of hydrogen-bond acceptors (Lipinski definition) is 0. The zero-order valence-corrected chi connectivity index (χ0v) is 24.7. The molecule has 181 valence electrons. The van der Waals surface area contributed by atoms with Crippen LogP contribution in [0.4, 0.5) is 0 Å². The summed E-state index contributed by atoms with van der Waals surface area (Å²) < 4.78 is 0.601. The molecule has 0 saturated heterocycles. The summed E-state index contributed by atoms with van der Waals surface area (Å²) in [4.78, 5) is 0. The van der Waals surface area contributed by atoms with Gasteiger partial charge in [-0.3, -0.25) is 0 Å². The van der Waals surface area contributed by atoms with E-state index in [4.69, 9.17) is 0 Å². The number of allylic oxidation sites excluding steroid dienone is 9. The van der Waals surface area contributed by atoms with Crippen molar-refractivity contribution < 1.29 is 49.5 Å². The van der Waals surface area contributed by atoms with Crippen molar-refractivity contribution in [2.45, 2.75) is 35.2 Å². The Hall–Kier alpha value is -2.18. The van der Waals surface area contributed by atoms with Crippen LogP contribution in [0.25, 0.3) is 17.2 Å². The maximum absolute atomic E-state index is 2.49. The second-order valence-corrected chi connectivity index (χ2v) is 11.6. The van der Waals surface area contributed by atoms with Crippen LogP contribution in [0.2, 0.25) is 3.63 Å². The van der Waals surface area contributed by atoms with Crippen LogP contribution in [-0.4, -0.2) is 0 Å². The van der Waals surface area contributed by atoms with Gasteiger partial charge in [0, 0.05) is 0 Å². The fraction of sp³-hybridized carbons (Fsp3) is 0.176. The summed E-state index contributed by atoms with van der Waals surface area (Å²) in [7, 11) is 0. The molecule has 3 unspecified atom stereocenters. The number of rotatable bonds is 3. The van der Waals surface area contributed by atoms with Gasteiger partial charge in [0.05, 0.1) is 0 Å². The van der Waals surface area contributed by atoms with Crippen LogP contribution < -0.4 is 24.8 Å². The first-order valence-electron chi connectivity index (χ1n) is 12.7. The third kappa shape index (κ3) is 4.15. The largest absolute Gasteiger partial charge is 1.00 e. The summed E-state index contributed by atoms with van der Waals surface area (Å²) in [5.41, 5.74) is 16.6. The molecule has 0 radical (unpaired) electrons. The maximum atomic E-state index is 2.49. The van der Waals surface area contributed by atoms with E-state index in [2.05, 4.69) is 110 Å². The summed E-state index contributed by atoms with van der Waals surface area (Å²) >= 11 is 1.61. The molecule has 0 aliphatic heterocycles. The van der Waals surface area contributed by atoms with Crippen LogP contribution in [0.5, 0.6) is 0 Å². The molecule has 3 atom stereocenters. The van der Waals surface area contributed by atoms with Gasteiger partial charge in [0.1, 0.15) is 0 Å². The zero-order chi connectivity index (χ0) is 23.5. The standard InChI is InChI=1S/C34H27.2ClH.Zr/c1-22-21-25-15-16-31(32-20-17-26(22)34(25)33(32)24-11-6-3-7-12-24)30-19-18-29-27(13-8-14-28(29)30)23-9-4-2-5-10-23;;;/h2-16,18-19,21,30,33H,17,20H2,1H3;2*1H;/q;;;+2/p-2. The molecule has 3 aromatic carbocycles. The zero-order valence-electron chi connectivity index (χ0n) is 20.7. The molecule has 2 bridgehead atoms. The molecule has 0 N–H and O–H groups in total. The number of fused-ring (bicyclic) bond motifs is 2. The monoisotopic (exact) mass is 595 g/mol. The molecule has 3 heteroatoms. The Bertz CT molecular complexity index is 1510. The van der Waals surface area contributed by atoms with Gasteiger partial charge in [0.2, 0.25) is 0 Å². The quantitative estimate of drug-likeness (QED) is 0.436. The predicted octanol–water partition coefficient (Wildman–Crippen LogP) is 2.88. The van der Waals surface area contributed by atoms with Gasteiger partial charge in [0.25, 0.3) is 0 Å². The fourth-order valence-electron chi connectivity index (χ4n) is 6.78. The van der Waals surface area contributed by atoms with Gasteiger partial charge in [-0.15, -0.1) is 0 Å². The molecule has 0 nitrogen and oxygen atoms in total. The van der Waals surface area contributed by atoms with Crippen LogP contribution in [0.3, 0.4) is 0 Å². The van der Waals surface area contributed by atoms with E-state index in [0.29, 0.717) is 15.5 Å². The van der Waals surface area contributed by atoms with Crippen molar-refractivity contribution in [2.75, 3.05) is 0 Å². The van der Waals surface area contributed by atoms with Crippen LogP contribution in [0.15, 0.2) is 131 Å². The van der Waals surface area contributed by atoms with Crippen molar-refractivity contribution in [2.24, 2.45) is 0 Å². The Labute approximate surface area is 247 Å². The van der Waals surface area contributed by atoms with Crippen molar-refractivity contribution in [1.29, 1.82) is 0 Å². The normalized spacial score (nSPS) is 23.1. The second-order valence-electron chi connectivity index (χ2n) is 10.1. The van der Waals surface area contributed by atoms with Gasteiger partial charge >= 0.3 is 218 Å². The molecule has 0 amide bonds. The molecule has 4 aliphatic rings. The molecule has 37 heavy (non-hydrogen) atoms. The first-order chi connectivity index (χ1) is 17.2. The topological polar surface area (TPSA) is 0 Å². The van der Waals surface area contributed by atoms with Crippen LogP contribution in [0.1, 0.15) is 48.3 Å². The third-order valence-corrected chi connectivity index (χ3v) is 10.3. The third-order valence-electron chi connectivity index (χ3n) is 8.43. The van der Waals surface area contributed by atoms with Crippen molar-refractivity contribution >= 4 is 6.08 Å². The van der Waals surface area contributed by atoms with E-state index >= 15 is 0 Å². The Morgan fingerprint density at radius 2 is 1.43 bits per heavy atom. The molecule has 3 aromatic rings. The van der Waals surface area contributed by atoms with Crippen molar-refractivity contribution in [3.63, 3.8) is 0 Å². The average molecular weight is 598 g/mol. The molecule has 0 spiro atoms. The van der Waals surface area contributed by atoms with Crippen LogP contribution in [-0.2, 0) is 24.7 Å². The summed E-state index contributed by atoms with van der Waals surface area (Å²) in [5, 5.41) is 0. The summed E-state index contributed by atoms with van der Waals surface area (Å²) in [6, 6.07) is 29.0. The fourth-order valence-corrected chi connectivity index (χ4v) is 7.83. The second kappa shape index (κ2) is 10.5. The van der Waals surface area contributed by atoms with E-state index in [1.807, 2.05) is 0 Å². The molecule has 1 saturated carbocycles. The molecule has 7 rings (SSSR count). The van der Waals surface area contributed by atoms with Crippen molar-refractivity contribution in [1.82, 2.24) is 0 Å². The molecular weight excluding hydrogens is 571 g/mol.